The van der Waals surface area contributed by atoms with Gasteiger partial charge in [0.15, 0.2) is 0 Å². The minimum absolute atomic E-state index is 0.0774. The summed E-state index contributed by atoms with van der Waals surface area (Å²) in [6, 6.07) is 2.33. The zero-order valence-electron chi connectivity index (χ0n) is 12.0. The Morgan fingerprint density at radius 3 is 2.81 bits per heavy atom. The maximum Gasteiger partial charge on any atom is 0.322 e. The monoisotopic (exact) mass is 299 g/mol. The largest absolute Gasteiger partial charge is 0.391 e. The Bertz CT molecular complexity index is 525. The lowest BCUT2D eigenvalue weighted by Gasteiger charge is -2.27. The van der Waals surface area contributed by atoms with Crippen molar-refractivity contribution in [3.8, 4) is 0 Å². The van der Waals surface area contributed by atoms with Crippen molar-refractivity contribution in [2.75, 3.05) is 32.5 Å². The van der Waals surface area contributed by atoms with Gasteiger partial charge in [-0.05, 0) is 32.6 Å². The topological polar surface area (TPSA) is 55.8 Å². The minimum atomic E-state index is -0.827. The molecule has 5 nitrogen and oxygen atoms in total. The summed E-state index contributed by atoms with van der Waals surface area (Å²) < 4.78 is 26.4. The van der Waals surface area contributed by atoms with E-state index in [2.05, 4.69) is 5.32 Å². The van der Waals surface area contributed by atoms with Crippen molar-refractivity contribution in [2.24, 2.45) is 0 Å². The SMILES string of the molecule is CN(C)CC1CC(O)CN1C(=O)Nc1ccc(F)cc1F. The normalized spacial score (nSPS) is 21.9. The summed E-state index contributed by atoms with van der Waals surface area (Å²) in [5.74, 6) is -1.53. The van der Waals surface area contributed by atoms with Crippen LogP contribution in [0.3, 0.4) is 0 Å². The van der Waals surface area contributed by atoms with Gasteiger partial charge < -0.3 is 20.2 Å². The van der Waals surface area contributed by atoms with Crippen LogP contribution < -0.4 is 5.32 Å². The zero-order chi connectivity index (χ0) is 15.6. The molecular weight excluding hydrogens is 280 g/mol. The molecule has 0 spiro atoms. The lowest BCUT2D eigenvalue weighted by atomic mass is 10.2. The van der Waals surface area contributed by atoms with Crippen molar-refractivity contribution in [2.45, 2.75) is 18.6 Å². The molecule has 2 unspecified atom stereocenters. The molecule has 1 aromatic rings. The van der Waals surface area contributed by atoms with Crippen LogP contribution in [0.2, 0.25) is 0 Å². The first-order chi connectivity index (χ1) is 9.86. The summed E-state index contributed by atoms with van der Waals surface area (Å²) in [5, 5.41) is 12.1. The van der Waals surface area contributed by atoms with E-state index in [-0.39, 0.29) is 18.3 Å². The number of amides is 2. The van der Waals surface area contributed by atoms with Crippen molar-refractivity contribution in [1.29, 1.82) is 0 Å². The molecule has 0 aromatic heterocycles. The summed E-state index contributed by atoms with van der Waals surface area (Å²) in [6.45, 7) is 0.809. The van der Waals surface area contributed by atoms with E-state index in [1.165, 1.54) is 11.0 Å². The highest BCUT2D eigenvalue weighted by molar-refractivity contribution is 5.89. The number of likely N-dealkylation sites (N-methyl/N-ethyl adjacent to an activating group) is 1. The molecule has 1 aliphatic rings. The first kappa shape index (κ1) is 15.7. The van der Waals surface area contributed by atoms with Gasteiger partial charge in [0.2, 0.25) is 0 Å². The number of rotatable bonds is 3. The number of carbonyl (C=O) groups is 1. The molecule has 2 N–H and O–H groups in total. The molecule has 0 saturated carbocycles. The first-order valence-corrected chi connectivity index (χ1v) is 6.72. The van der Waals surface area contributed by atoms with E-state index >= 15 is 0 Å². The number of nitrogens with zero attached hydrogens (tertiary/aromatic N) is 2. The van der Waals surface area contributed by atoms with Crippen LogP contribution in [0, 0.1) is 11.6 Å². The third-order valence-electron chi connectivity index (χ3n) is 3.40. The van der Waals surface area contributed by atoms with E-state index in [4.69, 9.17) is 0 Å². The highest BCUT2D eigenvalue weighted by Crippen LogP contribution is 2.21. The molecule has 0 aliphatic carbocycles. The Morgan fingerprint density at radius 2 is 2.19 bits per heavy atom. The number of likely N-dealkylation sites (tertiary alicyclic amines) is 1. The zero-order valence-corrected chi connectivity index (χ0v) is 12.0. The van der Waals surface area contributed by atoms with Gasteiger partial charge in [-0.2, -0.15) is 0 Å². The van der Waals surface area contributed by atoms with Gasteiger partial charge in [-0.25, -0.2) is 13.6 Å². The highest BCUT2D eigenvalue weighted by Gasteiger charge is 2.34. The first-order valence-electron chi connectivity index (χ1n) is 6.72. The third kappa shape index (κ3) is 3.89. The van der Waals surface area contributed by atoms with Crippen LogP contribution in [0.25, 0.3) is 0 Å². The van der Waals surface area contributed by atoms with Crippen LogP contribution >= 0.6 is 0 Å². The van der Waals surface area contributed by atoms with Crippen LogP contribution in [0.5, 0.6) is 0 Å². The molecule has 1 saturated heterocycles. The van der Waals surface area contributed by atoms with Crippen LogP contribution in [0.1, 0.15) is 6.42 Å². The molecular formula is C14H19F2N3O2. The number of anilines is 1. The average Bonchev–Trinajstić information content (AvgIpc) is 2.73. The molecule has 21 heavy (non-hydrogen) atoms. The maximum absolute atomic E-state index is 13.6. The minimum Gasteiger partial charge on any atom is -0.391 e. The van der Waals surface area contributed by atoms with Gasteiger partial charge >= 0.3 is 6.03 Å². The number of β-amino-alcohol motifs (C(OH)–C–C–N with tert-alkyl or cyclic N) is 1. The Morgan fingerprint density at radius 1 is 1.48 bits per heavy atom. The van der Waals surface area contributed by atoms with E-state index in [1.54, 1.807) is 0 Å². The molecule has 1 heterocycles. The second kappa shape index (κ2) is 6.36. The number of carbonyl (C=O) groups excluding carboxylic acids is 1. The number of hydrogen-bond acceptors (Lipinski definition) is 3. The van der Waals surface area contributed by atoms with E-state index < -0.39 is 23.8 Å². The number of nitrogens with one attached hydrogen (secondary N) is 1. The smallest absolute Gasteiger partial charge is 0.322 e. The lowest BCUT2D eigenvalue weighted by Crippen LogP contribution is -2.43. The van der Waals surface area contributed by atoms with E-state index in [0.29, 0.717) is 19.0 Å². The molecule has 1 aromatic carbocycles. The van der Waals surface area contributed by atoms with E-state index in [9.17, 15) is 18.7 Å². The molecule has 0 bridgehead atoms. The fourth-order valence-corrected chi connectivity index (χ4v) is 2.51. The molecule has 116 valence electrons. The van der Waals surface area contributed by atoms with Crippen LogP contribution in [-0.4, -0.2) is 60.3 Å². The second-order valence-corrected chi connectivity index (χ2v) is 5.51. The molecule has 7 heteroatoms. The number of halogens is 2. The Balaban J connectivity index is 2.07. The maximum atomic E-state index is 13.6. The van der Waals surface area contributed by atoms with Gasteiger partial charge in [0.05, 0.1) is 11.8 Å². The van der Waals surface area contributed by atoms with Crippen molar-refractivity contribution in [1.82, 2.24) is 9.80 Å². The number of aliphatic hydroxyl groups excluding tert-OH is 1. The summed E-state index contributed by atoms with van der Waals surface area (Å²) in [4.78, 5) is 15.6. The molecule has 1 aliphatic heterocycles. The van der Waals surface area contributed by atoms with E-state index in [0.717, 1.165) is 6.07 Å². The van der Waals surface area contributed by atoms with Gasteiger partial charge in [-0.1, -0.05) is 0 Å². The van der Waals surface area contributed by atoms with Gasteiger partial charge in [-0.3, -0.25) is 0 Å². The van der Waals surface area contributed by atoms with Gasteiger partial charge in [-0.15, -0.1) is 0 Å². The van der Waals surface area contributed by atoms with Gasteiger partial charge in [0.25, 0.3) is 0 Å². The highest BCUT2D eigenvalue weighted by atomic mass is 19.1. The number of aliphatic hydroxyl groups is 1. The predicted octanol–water partition coefficient (Wildman–Crippen LogP) is 1.49. The van der Waals surface area contributed by atoms with Crippen molar-refractivity contribution in [3.63, 3.8) is 0 Å². The van der Waals surface area contributed by atoms with Gasteiger partial charge in [0.1, 0.15) is 11.6 Å². The second-order valence-electron chi connectivity index (χ2n) is 5.51. The predicted molar refractivity (Wildman–Crippen MR) is 75.0 cm³/mol. The standard InChI is InChI=1S/C14H19F2N3O2/c1-18(2)7-10-6-11(20)8-19(10)14(21)17-13-4-3-9(15)5-12(13)16/h3-5,10-11,20H,6-8H2,1-2H3,(H,17,21). The fraction of sp³-hybridized carbons (Fsp3) is 0.500. The van der Waals surface area contributed by atoms with Crippen molar-refractivity contribution < 1.29 is 18.7 Å². The summed E-state index contributed by atoms with van der Waals surface area (Å²) in [5.41, 5.74) is -0.0774. The van der Waals surface area contributed by atoms with Crippen LogP contribution in [-0.2, 0) is 0 Å². The Kier molecular flexibility index (Phi) is 4.74. The molecule has 0 radical (unpaired) electrons. The van der Waals surface area contributed by atoms with Crippen molar-refractivity contribution >= 4 is 11.7 Å². The lowest BCUT2D eigenvalue weighted by molar-refractivity contribution is 0.174. The quantitative estimate of drug-likeness (QED) is 0.889. The number of benzene rings is 1. The van der Waals surface area contributed by atoms with E-state index in [1.807, 2.05) is 19.0 Å². The molecule has 1 fully saturated rings. The molecule has 2 rings (SSSR count). The fourth-order valence-electron chi connectivity index (χ4n) is 2.51. The summed E-state index contributed by atoms with van der Waals surface area (Å²) >= 11 is 0. The Hall–Kier alpha value is -1.73. The summed E-state index contributed by atoms with van der Waals surface area (Å²) in [7, 11) is 3.75. The van der Waals surface area contributed by atoms with Crippen LogP contribution in [0.15, 0.2) is 18.2 Å². The van der Waals surface area contributed by atoms with Crippen molar-refractivity contribution in [3.05, 3.63) is 29.8 Å². The number of hydrogen-bond donors (Lipinski definition) is 2. The summed E-state index contributed by atoms with van der Waals surface area (Å²) in [6.07, 6.45) is -0.101. The average molecular weight is 299 g/mol. The van der Waals surface area contributed by atoms with Gasteiger partial charge in [0, 0.05) is 25.2 Å². The number of urea groups is 1. The van der Waals surface area contributed by atoms with Crippen LogP contribution in [0.4, 0.5) is 19.3 Å². The molecule has 2 atom stereocenters. The molecule has 2 amide bonds. The Labute approximate surface area is 122 Å². The third-order valence-corrected chi connectivity index (χ3v) is 3.40.